The minimum Gasteiger partial charge on any atom is -0.393 e. The molecule has 0 heterocycles. The summed E-state index contributed by atoms with van der Waals surface area (Å²) >= 11 is 0. The van der Waals surface area contributed by atoms with E-state index in [1.54, 1.807) is 0 Å². The fourth-order valence-electron chi connectivity index (χ4n) is 2.05. The molecule has 1 fully saturated rings. The van der Waals surface area contributed by atoms with E-state index in [0.717, 1.165) is 24.7 Å². The van der Waals surface area contributed by atoms with Gasteiger partial charge in [0.15, 0.2) is 0 Å². The Morgan fingerprint density at radius 2 is 2.18 bits per heavy atom. The third kappa shape index (κ3) is 2.48. The maximum Gasteiger partial charge on any atom is 0.0543 e. The van der Waals surface area contributed by atoms with Crippen molar-refractivity contribution in [3.63, 3.8) is 0 Å². The first-order valence-electron chi connectivity index (χ1n) is 4.92. The Kier molecular flexibility index (Phi) is 3.38. The molecule has 0 bridgehead atoms. The Labute approximate surface area is 69.8 Å². The third-order valence-electron chi connectivity index (χ3n) is 3.14. The van der Waals surface area contributed by atoms with Crippen LogP contribution in [0.2, 0.25) is 0 Å². The molecule has 1 saturated carbocycles. The monoisotopic (exact) mass is 156 g/mol. The van der Waals surface area contributed by atoms with E-state index in [1.807, 2.05) is 0 Å². The molecule has 0 aromatic rings. The lowest BCUT2D eigenvalue weighted by Crippen LogP contribution is -2.23. The van der Waals surface area contributed by atoms with Gasteiger partial charge in [-0.05, 0) is 24.7 Å². The molecule has 1 unspecified atom stereocenters. The summed E-state index contributed by atoms with van der Waals surface area (Å²) in [5, 5.41) is 9.42. The summed E-state index contributed by atoms with van der Waals surface area (Å²) in [7, 11) is 0. The SMILES string of the molecule is CCC(C)[C@H]1CCC[C@H](O)C1. The zero-order valence-electron chi connectivity index (χ0n) is 7.71. The number of hydrogen-bond donors (Lipinski definition) is 1. The van der Waals surface area contributed by atoms with Gasteiger partial charge < -0.3 is 5.11 Å². The van der Waals surface area contributed by atoms with Crippen LogP contribution in [0.1, 0.15) is 46.0 Å². The minimum atomic E-state index is 0.00255. The standard InChI is InChI=1S/C10H20O/c1-3-8(2)9-5-4-6-10(11)7-9/h8-11H,3-7H2,1-2H3/t8?,9-,10-/m0/s1. The fraction of sp³-hybridized carbons (Fsp3) is 1.00. The third-order valence-corrected chi connectivity index (χ3v) is 3.14. The zero-order valence-corrected chi connectivity index (χ0v) is 7.71. The summed E-state index contributed by atoms with van der Waals surface area (Å²) in [6.07, 6.45) is 5.92. The first-order chi connectivity index (χ1) is 5.24. The van der Waals surface area contributed by atoms with Gasteiger partial charge in [-0.2, -0.15) is 0 Å². The predicted molar refractivity (Wildman–Crippen MR) is 47.4 cm³/mol. The quantitative estimate of drug-likeness (QED) is 0.651. The molecule has 1 nitrogen and oxygen atoms in total. The Morgan fingerprint density at radius 3 is 2.73 bits per heavy atom. The van der Waals surface area contributed by atoms with Crippen LogP contribution in [0.4, 0.5) is 0 Å². The maximum atomic E-state index is 9.42. The molecule has 0 aliphatic heterocycles. The summed E-state index contributed by atoms with van der Waals surface area (Å²) < 4.78 is 0. The van der Waals surface area contributed by atoms with Crippen molar-refractivity contribution in [1.29, 1.82) is 0 Å². The van der Waals surface area contributed by atoms with Crippen molar-refractivity contribution in [3.8, 4) is 0 Å². The molecule has 1 rings (SSSR count). The van der Waals surface area contributed by atoms with E-state index in [1.165, 1.54) is 19.3 Å². The molecule has 3 atom stereocenters. The summed E-state index contributed by atoms with van der Waals surface area (Å²) in [5.74, 6) is 1.61. The van der Waals surface area contributed by atoms with Gasteiger partial charge in [-0.3, -0.25) is 0 Å². The first-order valence-corrected chi connectivity index (χ1v) is 4.92. The molecule has 1 aliphatic rings. The second kappa shape index (κ2) is 4.10. The van der Waals surface area contributed by atoms with Crippen molar-refractivity contribution in [2.45, 2.75) is 52.1 Å². The normalized spacial score (nSPS) is 35.2. The van der Waals surface area contributed by atoms with E-state index in [-0.39, 0.29) is 6.10 Å². The van der Waals surface area contributed by atoms with E-state index in [4.69, 9.17) is 0 Å². The molecule has 0 spiro atoms. The topological polar surface area (TPSA) is 20.2 Å². The van der Waals surface area contributed by atoms with Crippen LogP contribution in [0.3, 0.4) is 0 Å². The van der Waals surface area contributed by atoms with Crippen LogP contribution in [0.5, 0.6) is 0 Å². The Balaban J connectivity index is 2.33. The molecule has 0 radical (unpaired) electrons. The molecular formula is C10H20O. The zero-order chi connectivity index (χ0) is 8.27. The van der Waals surface area contributed by atoms with Crippen LogP contribution in [0.25, 0.3) is 0 Å². The lowest BCUT2D eigenvalue weighted by molar-refractivity contribution is 0.0819. The number of hydrogen-bond acceptors (Lipinski definition) is 1. The highest BCUT2D eigenvalue weighted by Gasteiger charge is 2.23. The molecule has 0 aromatic heterocycles. The Morgan fingerprint density at radius 1 is 1.45 bits per heavy atom. The van der Waals surface area contributed by atoms with Crippen molar-refractivity contribution in [2.75, 3.05) is 0 Å². The number of rotatable bonds is 2. The van der Waals surface area contributed by atoms with Gasteiger partial charge in [0.1, 0.15) is 0 Å². The van der Waals surface area contributed by atoms with Gasteiger partial charge in [-0.15, -0.1) is 0 Å². The summed E-state index contributed by atoms with van der Waals surface area (Å²) in [6, 6.07) is 0. The van der Waals surface area contributed by atoms with Crippen LogP contribution in [-0.2, 0) is 0 Å². The van der Waals surface area contributed by atoms with Crippen molar-refractivity contribution in [3.05, 3.63) is 0 Å². The van der Waals surface area contributed by atoms with Crippen LogP contribution in [0.15, 0.2) is 0 Å². The van der Waals surface area contributed by atoms with Gasteiger partial charge in [0.05, 0.1) is 6.10 Å². The molecule has 0 saturated heterocycles. The average molecular weight is 156 g/mol. The van der Waals surface area contributed by atoms with Crippen LogP contribution >= 0.6 is 0 Å². The fourth-order valence-corrected chi connectivity index (χ4v) is 2.05. The Bertz CT molecular complexity index is 111. The lowest BCUT2D eigenvalue weighted by atomic mass is 9.79. The first kappa shape index (κ1) is 9.05. The molecular weight excluding hydrogens is 136 g/mol. The van der Waals surface area contributed by atoms with Crippen molar-refractivity contribution < 1.29 is 5.11 Å². The molecule has 0 aromatic carbocycles. The second-order valence-corrected chi connectivity index (χ2v) is 3.97. The molecule has 66 valence electrons. The Hall–Kier alpha value is -0.0400. The van der Waals surface area contributed by atoms with Crippen LogP contribution in [-0.4, -0.2) is 11.2 Å². The maximum absolute atomic E-state index is 9.42. The minimum absolute atomic E-state index is 0.00255. The van der Waals surface area contributed by atoms with Crippen molar-refractivity contribution >= 4 is 0 Å². The molecule has 1 heteroatoms. The molecule has 1 N–H and O–H groups in total. The van der Waals surface area contributed by atoms with Gasteiger partial charge in [0.2, 0.25) is 0 Å². The molecule has 11 heavy (non-hydrogen) atoms. The van der Waals surface area contributed by atoms with Crippen molar-refractivity contribution in [2.24, 2.45) is 11.8 Å². The highest BCUT2D eigenvalue weighted by Crippen LogP contribution is 2.31. The van der Waals surface area contributed by atoms with Crippen molar-refractivity contribution in [1.82, 2.24) is 0 Å². The van der Waals surface area contributed by atoms with Gasteiger partial charge in [-0.25, -0.2) is 0 Å². The van der Waals surface area contributed by atoms with E-state index < -0.39 is 0 Å². The van der Waals surface area contributed by atoms with Gasteiger partial charge in [-0.1, -0.05) is 33.1 Å². The highest BCUT2D eigenvalue weighted by molar-refractivity contribution is 4.75. The van der Waals surface area contributed by atoms with E-state index in [0.29, 0.717) is 0 Å². The smallest absolute Gasteiger partial charge is 0.0543 e. The van der Waals surface area contributed by atoms with Gasteiger partial charge >= 0.3 is 0 Å². The van der Waals surface area contributed by atoms with Crippen LogP contribution in [0, 0.1) is 11.8 Å². The summed E-state index contributed by atoms with van der Waals surface area (Å²) in [4.78, 5) is 0. The highest BCUT2D eigenvalue weighted by atomic mass is 16.3. The van der Waals surface area contributed by atoms with Gasteiger partial charge in [0, 0.05) is 0 Å². The summed E-state index contributed by atoms with van der Waals surface area (Å²) in [5.41, 5.74) is 0. The number of aliphatic hydroxyl groups is 1. The van der Waals surface area contributed by atoms with E-state index in [2.05, 4.69) is 13.8 Å². The van der Waals surface area contributed by atoms with Gasteiger partial charge in [0.25, 0.3) is 0 Å². The average Bonchev–Trinajstić information content (AvgIpc) is 2.03. The summed E-state index contributed by atoms with van der Waals surface area (Å²) in [6.45, 7) is 4.55. The predicted octanol–water partition coefficient (Wildman–Crippen LogP) is 2.58. The largest absolute Gasteiger partial charge is 0.393 e. The number of aliphatic hydroxyl groups excluding tert-OH is 1. The van der Waals surface area contributed by atoms with E-state index >= 15 is 0 Å². The van der Waals surface area contributed by atoms with E-state index in [9.17, 15) is 5.11 Å². The molecule has 0 amide bonds. The second-order valence-electron chi connectivity index (χ2n) is 3.97. The van der Waals surface area contributed by atoms with Crippen LogP contribution < -0.4 is 0 Å². The lowest BCUT2D eigenvalue weighted by Gasteiger charge is -2.29. The molecule has 1 aliphatic carbocycles.